The third-order valence-electron chi connectivity index (χ3n) is 2.07. The zero-order chi connectivity index (χ0) is 13.5. The van der Waals surface area contributed by atoms with Crippen molar-refractivity contribution in [3.8, 4) is 0 Å². The molecule has 7 heteroatoms. The Hall–Kier alpha value is -1.27. The van der Waals surface area contributed by atoms with E-state index in [1.807, 2.05) is 13.0 Å². The number of nitrogens with one attached hydrogen (secondary N) is 2. The van der Waals surface area contributed by atoms with Crippen molar-refractivity contribution in [2.45, 2.75) is 19.9 Å². The fraction of sp³-hybridized carbons (Fsp3) is 0.455. The Morgan fingerprint density at radius 1 is 1.50 bits per heavy atom. The molecule has 18 heavy (non-hydrogen) atoms. The molecule has 0 bridgehead atoms. The monoisotopic (exact) mass is 290 g/mol. The SMILES string of the molecule is CCOC(=O)CNC(=O)NC(C)c1ccc(Cl)s1. The van der Waals surface area contributed by atoms with Crippen molar-refractivity contribution in [2.75, 3.05) is 13.2 Å². The van der Waals surface area contributed by atoms with Gasteiger partial charge in [-0.2, -0.15) is 0 Å². The highest BCUT2D eigenvalue weighted by atomic mass is 35.5. The second-order valence-corrected chi connectivity index (χ2v) is 5.24. The molecular formula is C11H15ClN2O3S. The molecule has 0 aliphatic carbocycles. The van der Waals surface area contributed by atoms with Gasteiger partial charge in [0, 0.05) is 4.88 Å². The smallest absolute Gasteiger partial charge is 0.325 e. The standard InChI is InChI=1S/C11H15ClN2O3S/c1-3-17-10(15)6-13-11(16)14-7(2)8-4-5-9(12)18-8/h4-5,7H,3,6H2,1-2H3,(H2,13,14,16). The molecule has 1 rings (SSSR count). The van der Waals surface area contributed by atoms with Gasteiger partial charge in [-0.05, 0) is 26.0 Å². The van der Waals surface area contributed by atoms with Crippen molar-refractivity contribution in [3.63, 3.8) is 0 Å². The van der Waals surface area contributed by atoms with Crippen LogP contribution in [0, 0.1) is 0 Å². The molecule has 0 fully saturated rings. The van der Waals surface area contributed by atoms with Crippen molar-refractivity contribution in [3.05, 3.63) is 21.3 Å². The molecule has 0 saturated carbocycles. The minimum Gasteiger partial charge on any atom is -0.465 e. The third-order valence-corrected chi connectivity index (χ3v) is 3.48. The van der Waals surface area contributed by atoms with Gasteiger partial charge in [-0.3, -0.25) is 4.79 Å². The molecule has 5 nitrogen and oxygen atoms in total. The van der Waals surface area contributed by atoms with Gasteiger partial charge in [0.1, 0.15) is 6.54 Å². The first-order chi connectivity index (χ1) is 8.52. The van der Waals surface area contributed by atoms with Gasteiger partial charge in [-0.25, -0.2) is 4.79 Å². The van der Waals surface area contributed by atoms with Crippen LogP contribution in [-0.2, 0) is 9.53 Å². The van der Waals surface area contributed by atoms with Crippen LogP contribution in [0.3, 0.4) is 0 Å². The number of esters is 1. The zero-order valence-electron chi connectivity index (χ0n) is 10.2. The predicted molar refractivity (Wildman–Crippen MR) is 70.9 cm³/mol. The molecule has 0 aliphatic rings. The van der Waals surface area contributed by atoms with Crippen LogP contribution in [0.15, 0.2) is 12.1 Å². The summed E-state index contributed by atoms with van der Waals surface area (Å²) in [6.07, 6.45) is 0. The topological polar surface area (TPSA) is 67.4 Å². The molecule has 1 atom stereocenters. The summed E-state index contributed by atoms with van der Waals surface area (Å²) in [5, 5.41) is 5.12. The van der Waals surface area contributed by atoms with E-state index < -0.39 is 12.0 Å². The molecule has 0 spiro atoms. The van der Waals surface area contributed by atoms with Crippen molar-refractivity contribution in [1.82, 2.24) is 10.6 Å². The molecule has 0 aromatic carbocycles. The quantitative estimate of drug-likeness (QED) is 0.818. The average Bonchev–Trinajstić information content (AvgIpc) is 2.74. The molecule has 1 aromatic heterocycles. The van der Waals surface area contributed by atoms with Gasteiger partial charge >= 0.3 is 12.0 Å². The molecule has 100 valence electrons. The largest absolute Gasteiger partial charge is 0.465 e. The summed E-state index contributed by atoms with van der Waals surface area (Å²) < 4.78 is 5.36. The Morgan fingerprint density at radius 3 is 2.78 bits per heavy atom. The van der Waals surface area contributed by atoms with Crippen LogP contribution in [0.25, 0.3) is 0 Å². The van der Waals surface area contributed by atoms with E-state index in [2.05, 4.69) is 15.4 Å². The highest BCUT2D eigenvalue weighted by Crippen LogP contribution is 2.26. The molecule has 1 aromatic rings. The minimum atomic E-state index is -0.459. The minimum absolute atomic E-state index is 0.141. The lowest BCUT2D eigenvalue weighted by Gasteiger charge is -2.12. The maximum atomic E-state index is 11.5. The predicted octanol–water partition coefficient (Wildman–Crippen LogP) is 2.32. The summed E-state index contributed by atoms with van der Waals surface area (Å²) in [4.78, 5) is 23.5. The fourth-order valence-corrected chi connectivity index (χ4v) is 2.31. The molecule has 0 saturated heterocycles. The van der Waals surface area contributed by atoms with E-state index in [0.29, 0.717) is 10.9 Å². The molecule has 1 heterocycles. The van der Waals surface area contributed by atoms with Gasteiger partial charge in [0.2, 0.25) is 0 Å². The van der Waals surface area contributed by atoms with Crippen molar-refractivity contribution in [1.29, 1.82) is 0 Å². The summed E-state index contributed by atoms with van der Waals surface area (Å²) in [6.45, 7) is 3.70. The average molecular weight is 291 g/mol. The second kappa shape index (κ2) is 7.23. The molecule has 0 radical (unpaired) electrons. The first kappa shape index (κ1) is 14.8. The lowest BCUT2D eigenvalue weighted by molar-refractivity contribution is -0.141. The van der Waals surface area contributed by atoms with Crippen LogP contribution in [0.2, 0.25) is 4.34 Å². The number of hydrogen-bond donors (Lipinski definition) is 2. The molecule has 2 N–H and O–H groups in total. The number of amides is 2. The highest BCUT2D eigenvalue weighted by molar-refractivity contribution is 7.16. The number of thiophene rings is 1. The Kier molecular flexibility index (Phi) is 5.94. The summed E-state index contributed by atoms with van der Waals surface area (Å²) >= 11 is 7.21. The van der Waals surface area contributed by atoms with E-state index in [1.54, 1.807) is 13.0 Å². The second-order valence-electron chi connectivity index (χ2n) is 3.50. The number of ether oxygens (including phenoxy) is 1. The van der Waals surface area contributed by atoms with Gasteiger partial charge in [0.15, 0.2) is 0 Å². The van der Waals surface area contributed by atoms with E-state index in [0.717, 1.165) is 4.88 Å². The van der Waals surface area contributed by atoms with Crippen LogP contribution in [-0.4, -0.2) is 25.2 Å². The van der Waals surface area contributed by atoms with Gasteiger partial charge in [0.05, 0.1) is 17.0 Å². The fourth-order valence-electron chi connectivity index (χ4n) is 1.24. The van der Waals surface area contributed by atoms with E-state index in [4.69, 9.17) is 11.6 Å². The van der Waals surface area contributed by atoms with E-state index in [1.165, 1.54) is 11.3 Å². The lowest BCUT2D eigenvalue weighted by atomic mass is 10.3. The third kappa shape index (κ3) is 4.93. The molecule has 1 unspecified atom stereocenters. The molecule has 2 amide bonds. The Labute approximate surface area is 114 Å². The van der Waals surface area contributed by atoms with E-state index in [9.17, 15) is 9.59 Å². The van der Waals surface area contributed by atoms with Crippen LogP contribution in [0.1, 0.15) is 24.8 Å². The van der Waals surface area contributed by atoms with Crippen molar-refractivity contribution < 1.29 is 14.3 Å². The maximum absolute atomic E-state index is 11.5. The Balaban J connectivity index is 2.34. The number of urea groups is 1. The maximum Gasteiger partial charge on any atom is 0.325 e. The number of carbonyl (C=O) groups is 2. The number of hydrogen-bond acceptors (Lipinski definition) is 4. The molecule has 0 aliphatic heterocycles. The summed E-state index contributed by atoms with van der Waals surface area (Å²) in [6, 6.07) is 3.05. The van der Waals surface area contributed by atoms with E-state index >= 15 is 0 Å². The van der Waals surface area contributed by atoms with Crippen molar-refractivity contribution >= 4 is 34.9 Å². The zero-order valence-corrected chi connectivity index (χ0v) is 11.7. The van der Waals surface area contributed by atoms with Crippen molar-refractivity contribution in [2.24, 2.45) is 0 Å². The van der Waals surface area contributed by atoms with Gasteiger partial charge in [-0.15, -0.1) is 11.3 Å². The lowest BCUT2D eigenvalue weighted by Crippen LogP contribution is -2.39. The molecular weight excluding hydrogens is 276 g/mol. The van der Waals surface area contributed by atoms with Crippen LogP contribution in [0.5, 0.6) is 0 Å². The Morgan fingerprint density at radius 2 is 2.22 bits per heavy atom. The van der Waals surface area contributed by atoms with Crippen LogP contribution >= 0.6 is 22.9 Å². The highest BCUT2D eigenvalue weighted by Gasteiger charge is 2.12. The van der Waals surface area contributed by atoms with E-state index in [-0.39, 0.29) is 12.6 Å². The van der Waals surface area contributed by atoms with Gasteiger partial charge in [0.25, 0.3) is 0 Å². The summed E-state index contributed by atoms with van der Waals surface area (Å²) in [7, 11) is 0. The van der Waals surface area contributed by atoms with Gasteiger partial charge in [-0.1, -0.05) is 11.6 Å². The summed E-state index contributed by atoms with van der Waals surface area (Å²) in [5.74, 6) is -0.459. The summed E-state index contributed by atoms with van der Waals surface area (Å²) in [5.41, 5.74) is 0. The van der Waals surface area contributed by atoms with Crippen LogP contribution < -0.4 is 10.6 Å². The van der Waals surface area contributed by atoms with Crippen LogP contribution in [0.4, 0.5) is 4.79 Å². The Bertz CT molecular complexity index is 422. The normalized spacial score (nSPS) is 11.7. The number of rotatable bonds is 5. The first-order valence-electron chi connectivity index (χ1n) is 5.48. The number of carbonyl (C=O) groups excluding carboxylic acids is 2. The first-order valence-corrected chi connectivity index (χ1v) is 6.67. The van der Waals surface area contributed by atoms with Gasteiger partial charge < -0.3 is 15.4 Å². The number of halogens is 1.